The average Bonchev–Trinajstić information content (AvgIpc) is 3.31. The summed E-state index contributed by atoms with van der Waals surface area (Å²) in [7, 11) is 1.56. The van der Waals surface area contributed by atoms with Crippen molar-refractivity contribution in [3.05, 3.63) is 50.9 Å². The maximum Gasteiger partial charge on any atom is 0.264 e. The topological polar surface area (TPSA) is 101 Å². The summed E-state index contributed by atoms with van der Waals surface area (Å²) < 4.78 is 11.6. The third-order valence-electron chi connectivity index (χ3n) is 4.71. The molecule has 4 rings (SSSR count). The van der Waals surface area contributed by atoms with Crippen molar-refractivity contribution >= 4 is 21.7 Å². The number of aliphatic hydroxyl groups excluding tert-OH is 1. The van der Waals surface area contributed by atoms with Crippen molar-refractivity contribution < 1.29 is 19.1 Å². The Labute approximate surface area is 163 Å². The molecule has 8 heteroatoms. The van der Waals surface area contributed by atoms with Crippen LogP contribution < -0.4 is 4.74 Å². The van der Waals surface area contributed by atoms with Crippen LogP contribution >= 0.6 is 15.9 Å². The van der Waals surface area contributed by atoms with Crippen molar-refractivity contribution in [2.24, 2.45) is 0 Å². The average molecular weight is 432 g/mol. The number of nitrogens with one attached hydrogen (secondary N) is 1. The van der Waals surface area contributed by atoms with E-state index in [-0.39, 0.29) is 12.4 Å². The standard InChI is InChI=1S/C19H18BrN3O4/c1-9-15(17(25)11-5-6-14(26-2)12(20)7-11)13(8-24)21-16(9)19-23-22-18(27-19)10-3-4-10/h5-7,10,21,24H,3-4,8H2,1-2H3. The van der Waals surface area contributed by atoms with Crippen LogP contribution in [0.5, 0.6) is 5.75 Å². The molecular weight excluding hydrogens is 414 g/mol. The molecule has 0 bridgehead atoms. The van der Waals surface area contributed by atoms with Crippen molar-refractivity contribution in [2.45, 2.75) is 32.3 Å². The van der Waals surface area contributed by atoms with Gasteiger partial charge >= 0.3 is 0 Å². The zero-order valence-electron chi connectivity index (χ0n) is 14.9. The molecule has 0 saturated heterocycles. The van der Waals surface area contributed by atoms with Gasteiger partial charge in [0.1, 0.15) is 11.4 Å². The van der Waals surface area contributed by atoms with Gasteiger partial charge in [0.2, 0.25) is 5.89 Å². The van der Waals surface area contributed by atoms with E-state index in [1.54, 1.807) is 32.2 Å². The molecule has 7 nitrogen and oxygen atoms in total. The highest BCUT2D eigenvalue weighted by molar-refractivity contribution is 9.10. The van der Waals surface area contributed by atoms with E-state index in [1.165, 1.54) is 0 Å². The number of aromatic nitrogens is 3. The number of H-pyrrole nitrogens is 1. The van der Waals surface area contributed by atoms with Crippen LogP contribution in [0.4, 0.5) is 0 Å². The fourth-order valence-corrected chi connectivity index (χ4v) is 3.62. The Bertz CT molecular complexity index is 1020. The van der Waals surface area contributed by atoms with Crippen molar-refractivity contribution in [3.63, 3.8) is 0 Å². The minimum Gasteiger partial charge on any atom is -0.496 e. The van der Waals surface area contributed by atoms with Crippen LogP contribution in [-0.2, 0) is 6.61 Å². The largest absolute Gasteiger partial charge is 0.496 e. The quantitative estimate of drug-likeness (QED) is 0.576. The van der Waals surface area contributed by atoms with Crippen molar-refractivity contribution in [2.75, 3.05) is 7.11 Å². The van der Waals surface area contributed by atoms with Crippen LogP contribution in [0.25, 0.3) is 11.6 Å². The number of carbonyl (C=O) groups is 1. The summed E-state index contributed by atoms with van der Waals surface area (Å²) in [6.45, 7) is 1.50. The SMILES string of the molecule is COc1ccc(C(=O)c2c(CO)[nH]c(-c3nnc(C4CC4)o3)c2C)cc1Br. The Morgan fingerprint density at radius 1 is 1.41 bits per heavy atom. The summed E-state index contributed by atoms with van der Waals surface area (Å²) in [4.78, 5) is 16.2. The van der Waals surface area contributed by atoms with Crippen LogP contribution in [0.15, 0.2) is 27.1 Å². The molecule has 2 N–H and O–H groups in total. The molecule has 2 heterocycles. The first-order valence-corrected chi connectivity index (χ1v) is 9.37. The zero-order chi connectivity index (χ0) is 19.1. The van der Waals surface area contributed by atoms with Crippen LogP contribution in [0.2, 0.25) is 0 Å². The predicted octanol–water partition coefficient (Wildman–Crippen LogP) is 3.74. The minimum absolute atomic E-state index is 0.204. The molecule has 0 atom stereocenters. The van der Waals surface area contributed by atoms with E-state index in [2.05, 4.69) is 31.1 Å². The molecule has 1 saturated carbocycles. The Kier molecular flexibility index (Phi) is 4.61. The summed E-state index contributed by atoms with van der Waals surface area (Å²) >= 11 is 3.40. The normalized spacial score (nSPS) is 13.8. The van der Waals surface area contributed by atoms with Gasteiger partial charge in [-0.3, -0.25) is 4.79 Å². The van der Waals surface area contributed by atoms with Gasteiger partial charge < -0.3 is 19.2 Å². The Hall–Kier alpha value is -2.45. The van der Waals surface area contributed by atoms with Gasteiger partial charge in [0.15, 0.2) is 5.78 Å². The summed E-state index contributed by atoms with van der Waals surface area (Å²) in [5, 5.41) is 18.0. The number of hydrogen-bond acceptors (Lipinski definition) is 6. The van der Waals surface area contributed by atoms with Crippen LogP contribution in [-0.4, -0.2) is 33.2 Å². The monoisotopic (exact) mass is 431 g/mol. The zero-order valence-corrected chi connectivity index (χ0v) is 16.5. The van der Waals surface area contributed by atoms with E-state index in [1.807, 2.05) is 0 Å². The van der Waals surface area contributed by atoms with Gasteiger partial charge in [0, 0.05) is 17.0 Å². The number of methoxy groups -OCH3 is 1. The number of halogens is 1. The molecule has 0 amide bonds. The number of hydrogen-bond donors (Lipinski definition) is 2. The Morgan fingerprint density at radius 2 is 2.19 bits per heavy atom. The predicted molar refractivity (Wildman–Crippen MR) is 101 cm³/mol. The molecule has 140 valence electrons. The Balaban J connectivity index is 1.74. The molecule has 27 heavy (non-hydrogen) atoms. The molecule has 0 spiro atoms. The first-order valence-electron chi connectivity index (χ1n) is 8.57. The maximum atomic E-state index is 13.1. The number of aliphatic hydroxyl groups is 1. The first-order chi connectivity index (χ1) is 13.0. The molecule has 1 aliphatic carbocycles. The van der Waals surface area contributed by atoms with Crippen molar-refractivity contribution in [1.29, 1.82) is 0 Å². The van der Waals surface area contributed by atoms with E-state index in [9.17, 15) is 9.90 Å². The molecule has 0 radical (unpaired) electrons. The summed E-state index contributed by atoms with van der Waals surface area (Å²) in [6.07, 6.45) is 2.12. The summed E-state index contributed by atoms with van der Waals surface area (Å²) in [6, 6.07) is 5.11. The fraction of sp³-hybridized carbons (Fsp3) is 0.316. The van der Waals surface area contributed by atoms with Gasteiger partial charge in [0.25, 0.3) is 5.89 Å². The van der Waals surface area contributed by atoms with Crippen LogP contribution in [0.3, 0.4) is 0 Å². The van der Waals surface area contributed by atoms with Crippen LogP contribution in [0.1, 0.15) is 51.8 Å². The Morgan fingerprint density at radius 3 is 2.81 bits per heavy atom. The maximum absolute atomic E-state index is 13.1. The molecule has 1 aliphatic rings. The fourth-order valence-electron chi connectivity index (χ4n) is 3.08. The van der Waals surface area contributed by atoms with E-state index >= 15 is 0 Å². The van der Waals surface area contributed by atoms with Gasteiger partial charge in [-0.05, 0) is 59.5 Å². The highest BCUT2D eigenvalue weighted by Crippen LogP contribution is 2.40. The van der Waals surface area contributed by atoms with Gasteiger partial charge in [-0.2, -0.15) is 0 Å². The van der Waals surface area contributed by atoms with Crippen molar-refractivity contribution in [1.82, 2.24) is 15.2 Å². The number of ether oxygens (including phenoxy) is 1. The van der Waals surface area contributed by atoms with E-state index in [0.29, 0.717) is 56.0 Å². The number of carbonyl (C=O) groups excluding carboxylic acids is 1. The second-order valence-electron chi connectivity index (χ2n) is 6.53. The van der Waals surface area contributed by atoms with Gasteiger partial charge in [0.05, 0.1) is 23.9 Å². The highest BCUT2D eigenvalue weighted by atomic mass is 79.9. The molecule has 2 aromatic heterocycles. The molecule has 1 fully saturated rings. The van der Waals surface area contributed by atoms with Gasteiger partial charge in [-0.25, -0.2) is 0 Å². The first kappa shape index (κ1) is 17.9. The molecular formula is C19H18BrN3O4. The minimum atomic E-state index is -0.303. The lowest BCUT2D eigenvalue weighted by molar-refractivity contribution is 0.103. The second-order valence-corrected chi connectivity index (χ2v) is 7.39. The number of rotatable bonds is 6. The highest BCUT2D eigenvalue weighted by Gasteiger charge is 2.31. The lowest BCUT2D eigenvalue weighted by atomic mass is 9.99. The van der Waals surface area contributed by atoms with Gasteiger partial charge in [-0.15, -0.1) is 10.2 Å². The number of nitrogens with zero attached hydrogens (tertiary/aromatic N) is 2. The lowest BCUT2D eigenvalue weighted by Gasteiger charge is -2.07. The van der Waals surface area contributed by atoms with E-state index < -0.39 is 0 Å². The van der Waals surface area contributed by atoms with E-state index in [0.717, 1.165) is 12.8 Å². The number of aromatic amines is 1. The number of ketones is 1. The summed E-state index contributed by atoms with van der Waals surface area (Å²) in [5.74, 6) is 1.73. The second kappa shape index (κ2) is 6.94. The summed E-state index contributed by atoms with van der Waals surface area (Å²) in [5.41, 5.74) is 2.55. The third kappa shape index (κ3) is 3.19. The smallest absolute Gasteiger partial charge is 0.264 e. The van der Waals surface area contributed by atoms with Crippen molar-refractivity contribution in [3.8, 4) is 17.3 Å². The molecule has 3 aromatic rings. The number of benzene rings is 1. The lowest BCUT2D eigenvalue weighted by Crippen LogP contribution is -2.06. The molecule has 0 unspecified atom stereocenters. The van der Waals surface area contributed by atoms with Crippen LogP contribution in [0, 0.1) is 6.92 Å². The molecule has 0 aliphatic heterocycles. The van der Waals surface area contributed by atoms with E-state index in [4.69, 9.17) is 9.15 Å². The molecule has 1 aromatic carbocycles. The third-order valence-corrected chi connectivity index (χ3v) is 5.33. The van der Waals surface area contributed by atoms with Gasteiger partial charge in [-0.1, -0.05) is 0 Å².